The Morgan fingerprint density at radius 2 is 1.78 bits per heavy atom. The third-order valence-corrected chi connectivity index (χ3v) is 4.33. The van der Waals surface area contributed by atoms with Gasteiger partial charge >= 0.3 is 0 Å². The van der Waals surface area contributed by atoms with E-state index < -0.39 is 6.04 Å². The van der Waals surface area contributed by atoms with Crippen molar-refractivity contribution in [2.24, 2.45) is 7.05 Å². The molecule has 4 rings (SSSR count). The predicted molar refractivity (Wildman–Crippen MR) is 101 cm³/mol. The van der Waals surface area contributed by atoms with Crippen molar-refractivity contribution in [3.8, 4) is 11.3 Å². The number of benzene rings is 2. The number of carbonyl (C=O) groups is 1. The fraction of sp³-hybridized carbons (Fsp3) is 0.0952. The van der Waals surface area contributed by atoms with Crippen LogP contribution >= 0.6 is 0 Å². The molecular formula is C21H18N4O2. The number of amides is 1. The molecule has 0 unspecified atom stereocenters. The molecule has 1 atom stereocenters. The van der Waals surface area contributed by atoms with Gasteiger partial charge in [0.05, 0.1) is 0 Å². The van der Waals surface area contributed by atoms with Crippen molar-refractivity contribution in [3.63, 3.8) is 0 Å². The van der Waals surface area contributed by atoms with Crippen molar-refractivity contribution in [1.82, 2.24) is 20.0 Å². The molecule has 0 bridgehead atoms. The normalized spacial score (nSPS) is 11.9. The van der Waals surface area contributed by atoms with Gasteiger partial charge in [0.2, 0.25) is 0 Å². The first-order chi connectivity index (χ1) is 13.2. The van der Waals surface area contributed by atoms with Crippen LogP contribution in [0.25, 0.3) is 11.3 Å². The summed E-state index contributed by atoms with van der Waals surface area (Å²) in [7, 11) is 1.90. The molecule has 2 heterocycles. The minimum Gasteiger partial charge on any atom is -0.355 e. The molecule has 0 aliphatic carbocycles. The van der Waals surface area contributed by atoms with Crippen molar-refractivity contribution in [1.29, 1.82) is 0 Å². The Balaban J connectivity index is 1.61. The Kier molecular flexibility index (Phi) is 4.53. The van der Waals surface area contributed by atoms with Gasteiger partial charge in [0, 0.05) is 31.1 Å². The Bertz CT molecular complexity index is 1040. The second-order valence-electron chi connectivity index (χ2n) is 6.16. The van der Waals surface area contributed by atoms with Crippen molar-refractivity contribution in [3.05, 3.63) is 96.2 Å². The van der Waals surface area contributed by atoms with Crippen LogP contribution in [0.2, 0.25) is 0 Å². The van der Waals surface area contributed by atoms with E-state index in [9.17, 15) is 4.79 Å². The molecule has 1 N–H and O–H groups in total. The first-order valence-corrected chi connectivity index (χ1v) is 8.57. The molecule has 0 aliphatic heterocycles. The average molecular weight is 358 g/mol. The number of rotatable bonds is 5. The van der Waals surface area contributed by atoms with E-state index in [-0.39, 0.29) is 11.6 Å². The van der Waals surface area contributed by atoms with Crippen LogP contribution in [-0.4, -0.2) is 20.6 Å². The Labute approximate surface area is 156 Å². The highest BCUT2D eigenvalue weighted by Crippen LogP contribution is 2.23. The molecule has 6 heteroatoms. The molecule has 2 aromatic carbocycles. The van der Waals surface area contributed by atoms with Crippen LogP contribution in [0.15, 0.2) is 83.6 Å². The van der Waals surface area contributed by atoms with Gasteiger partial charge in [-0.15, -0.1) is 0 Å². The fourth-order valence-electron chi connectivity index (χ4n) is 2.92. The molecule has 4 aromatic rings. The maximum absolute atomic E-state index is 12.8. The van der Waals surface area contributed by atoms with E-state index in [1.165, 1.54) is 0 Å². The number of carbonyl (C=O) groups excluding carboxylic acids is 1. The van der Waals surface area contributed by atoms with E-state index >= 15 is 0 Å². The quantitative estimate of drug-likeness (QED) is 0.592. The van der Waals surface area contributed by atoms with Gasteiger partial charge in [-0.1, -0.05) is 65.8 Å². The SMILES string of the molecule is Cn1ccnc1[C@H](NC(=O)c1cc(-c2ccccc2)on1)c1ccccc1. The monoisotopic (exact) mass is 358 g/mol. The number of aromatic nitrogens is 3. The highest BCUT2D eigenvalue weighted by Gasteiger charge is 2.23. The van der Waals surface area contributed by atoms with Gasteiger partial charge in [0.1, 0.15) is 11.9 Å². The fourth-order valence-corrected chi connectivity index (χ4v) is 2.92. The van der Waals surface area contributed by atoms with Crippen LogP contribution in [0.1, 0.15) is 27.9 Å². The number of aryl methyl sites for hydroxylation is 1. The zero-order valence-corrected chi connectivity index (χ0v) is 14.7. The highest BCUT2D eigenvalue weighted by atomic mass is 16.5. The van der Waals surface area contributed by atoms with Crippen LogP contribution in [0.4, 0.5) is 0 Å². The Morgan fingerprint density at radius 3 is 2.44 bits per heavy atom. The first-order valence-electron chi connectivity index (χ1n) is 8.57. The molecule has 0 fully saturated rings. The van der Waals surface area contributed by atoms with Crippen molar-refractivity contribution in [2.45, 2.75) is 6.04 Å². The molecule has 134 valence electrons. The van der Waals surface area contributed by atoms with Gasteiger partial charge in [-0.05, 0) is 5.56 Å². The van der Waals surface area contributed by atoms with Crippen LogP contribution in [0.3, 0.4) is 0 Å². The third kappa shape index (κ3) is 3.50. The van der Waals surface area contributed by atoms with Gasteiger partial charge in [-0.25, -0.2) is 4.98 Å². The van der Waals surface area contributed by atoms with Crippen molar-refractivity contribution in [2.75, 3.05) is 0 Å². The van der Waals surface area contributed by atoms with Gasteiger partial charge in [0.15, 0.2) is 11.5 Å². The maximum Gasteiger partial charge on any atom is 0.274 e. The summed E-state index contributed by atoms with van der Waals surface area (Å²) in [6, 6.07) is 20.5. The number of hydrogen-bond donors (Lipinski definition) is 1. The number of nitrogens with zero attached hydrogens (tertiary/aromatic N) is 3. The summed E-state index contributed by atoms with van der Waals surface area (Å²) in [6.07, 6.45) is 3.56. The standard InChI is InChI=1S/C21H18N4O2/c1-25-13-12-22-20(25)19(16-10-6-3-7-11-16)23-21(26)17-14-18(27-24-17)15-8-4-2-5-9-15/h2-14,19H,1H3,(H,23,26)/t19-/m1/s1. The smallest absolute Gasteiger partial charge is 0.274 e. The molecule has 0 saturated heterocycles. The van der Waals surface area contributed by atoms with E-state index in [2.05, 4.69) is 15.5 Å². The second kappa shape index (κ2) is 7.29. The largest absolute Gasteiger partial charge is 0.355 e. The molecule has 27 heavy (non-hydrogen) atoms. The number of hydrogen-bond acceptors (Lipinski definition) is 4. The molecule has 0 radical (unpaired) electrons. The summed E-state index contributed by atoms with van der Waals surface area (Å²) >= 11 is 0. The van der Waals surface area contributed by atoms with Gasteiger partial charge in [0.25, 0.3) is 5.91 Å². The minimum atomic E-state index is -0.393. The van der Waals surface area contributed by atoms with E-state index in [1.807, 2.05) is 78.5 Å². The highest BCUT2D eigenvalue weighted by molar-refractivity contribution is 5.93. The summed E-state index contributed by atoms with van der Waals surface area (Å²) in [5, 5.41) is 6.94. The van der Waals surface area contributed by atoms with E-state index in [4.69, 9.17) is 4.52 Å². The van der Waals surface area contributed by atoms with Crippen molar-refractivity contribution < 1.29 is 9.32 Å². The third-order valence-electron chi connectivity index (χ3n) is 4.33. The summed E-state index contributed by atoms with van der Waals surface area (Å²) < 4.78 is 7.23. The number of nitrogens with one attached hydrogen (secondary N) is 1. The molecule has 0 aliphatic rings. The number of imidazole rings is 1. The van der Waals surface area contributed by atoms with Crippen molar-refractivity contribution >= 4 is 5.91 Å². The summed E-state index contributed by atoms with van der Waals surface area (Å²) in [4.78, 5) is 17.2. The topological polar surface area (TPSA) is 73.0 Å². The Hall–Kier alpha value is -3.67. The maximum atomic E-state index is 12.8. The molecule has 0 spiro atoms. The van der Waals surface area contributed by atoms with E-state index in [1.54, 1.807) is 12.3 Å². The molecule has 2 aromatic heterocycles. The van der Waals surface area contributed by atoms with Crippen LogP contribution < -0.4 is 5.32 Å². The lowest BCUT2D eigenvalue weighted by Gasteiger charge is -2.18. The zero-order valence-electron chi connectivity index (χ0n) is 14.7. The molecule has 6 nitrogen and oxygen atoms in total. The molecular weight excluding hydrogens is 340 g/mol. The van der Waals surface area contributed by atoms with E-state index in [0.29, 0.717) is 5.76 Å². The summed E-state index contributed by atoms with van der Waals surface area (Å²) in [5.41, 5.74) is 2.03. The lowest BCUT2D eigenvalue weighted by Crippen LogP contribution is -2.31. The van der Waals surface area contributed by atoms with Gasteiger partial charge in [-0.3, -0.25) is 4.79 Å². The molecule has 0 saturated carbocycles. The minimum absolute atomic E-state index is 0.226. The first kappa shape index (κ1) is 16.8. The lowest BCUT2D eigenvalue weighted by molar-refractivity contribution is 0.0932. The summed E-state index contributed by atoms with van der Waals surface area (Å²) in [5.74, 6) is 0.966. The lowest BCUT2D eigenvalue weighted by atomic mass is 10.1. The van der Waals surface area contributed by atoms with Gasteiger partial charge in [-0.2, -0.15) is 0 Å². The summed E-state index contributed by atoms with van der Waals surface area (Å²) in [6.45, 7) is 0. The van der Waals surface area contributed by atoms with Crippen LogP contribution in [0, 0.1) is 0 Å². The predicted octanol–water partition coefficient (Wildman–Crippen LogP) is 3.59. The second-order valence-corrected chi connectivity index (χ2v) is 6.16. The van der Waals surface area contributed by atoms with Gasteiger partial charge < -0.3 is 14.4 Å². The van der Waals surface area contributed by atoms with Crippen LogP contribution in [0.5, 0.6) is 0 Å². The molecule has 1 amide bonds. The Morgan fingerprint density at radius 1 is 1.07 bits per heavy atom. The van der Waals surface area contributed by atoms with Crippen LogP contribution in [-0.2, 0) is 7.05 Å². The zero-order chi connectivity index (χ0) is 18.6. The van der Waals surface area contributed by atoms with E-state index in [0.717, 1.165) is 17.0 Å². The average Bonchev–Trinajstić information content (AvgIpc) is 3.37.